The van der Waals surface area contributed by atoms with E-state index in [0.717, 1.165) is 6.07 Å². The lowest BCUT2D eigenvalue weighted by molar-refractivity contribution is -0.140. The Hall–Kier alpha value is -1.31. The highest BCUT2D eigenvalue weighted by molar-refractivity contribution is 7.86. The van der Waals surface area contributed by atoms with Gasteiger partial charge in [0.2, 0.25) is 0 Å². The first kappa shape index (κ1) is 12.8. The minimum absolute atomic E-state index is 0.288. The second-order valence-electron chi connectivity index (χ2n) is 2.93. The average Bonchev–Trinajstić information content (AvgIpc) is 2.04. The third kappa shape index (κ3) is 3.37. The Morgan fingerprint density at radius 1 is 1.25 bits per heavy atom. The van der Waals surface area contributed by atoms with E-state index in [-0.39, 0.29) is 6.07 Å². The Labute approximate surface area is 88.8 Å². The van der Waals surface area contributed by atoms with Crippen LogP contribution in [0.1, 0.15) is 5.56 Å². The zero-order chi connectivity index (χ0) is 12.6. The van der Waals surface area contributed by atoms with Crippen LogP contribution in [0.4, 0.5) is 17.6 Å². The van der Waals surface area contributed by atoms with Gasteiger partial charge < -0.3 is 4.18 Å². The summed E-state index contributed by atoms with van der Waals surface area (Å²) in [6.07, 6.45) is -4.23. The number of hydrogen-bond acceptors (Lipinski definition) is 3. The second-order valence-corrected chi connectivity index (χ2v) is 4.50. The topological polar surface area (TPSA) is 43.4 Å². The molecule has 0 aliphatic carbocycles. The van der Waals surface area contributed by atoms with E-state index in [4.69, 9.17) is 0 Å². The summed E-state index contributed by atoms with van der Waals surface area (Å²) >= 11 is 0. The normalized spacial score (nSPS) is 12.6. The maximum atomic E-state index is 12.8. The molecule has 16 heavy (non-hydrogen) atoms. The smallest absolute Gasteiger partial charge is 0.383 e. The Kier molecular flexibility index (Phi) is 3.13. The third-order valence-corrected chi connectivity index (χ3v) is 1.99. The van der Waals surface area contributed by atoms with Gasteiger partial charge in [0.25, 0.3) is 0 Å². The maximum Gasteiger partial charge on any atom is 0.419 e. The molecule has 0 aromatic heterocycles. The van der Waals surface area contributed by atoms with Crippen LogP contribution in [-0.2, 0) is 16.3 Å². The molecule has 0 N–H and O–H groups in total. The van der Waals surface area contributed by atoms with Crippen molar-refractivity contribution in [1.29, 1.82) is 0 Å². The summed E-state index contributed by atoms with van der Waals surface area (Å²) in [4.78, 5) is 0. The maximum absolute atomic E-state index is 12.8. The molecule has 1 aromatic carbocycles. The van der Waals surface area contributed by atoms with E-state index < -0.39 is 33.4 Å². The largest absolute Gasteiger partial charge is 0.419 e. The fourth-order valence-corrected chi connectivity index (χ4v) is 1.40. The van der Waals surface area contributed by atoms with Crippen molar-refractivity contribution in [2.45, 2.75) is 6.18 Å². The van der Waals surface area contributed by atoms with Crippen molar-refractivity contribution in [3.05, 3.63) is 29.6 Å². The van der Waals surface area contributed by atoms with Gasteiger partial charge in [-0.3, -0.25) is 0 Å². The van der Waals surface area contributed by atoms with Crippen LogP contribution in [0.3, 0.4) is 0 Å². The van der Waals surface area contributed by atoms with E-state index in [2.05, 4.69) is 4.18 Å². The molecule has 1 aromatic rings. The number of benzene rings is 1. The molecule has 0 amide bonds. The molecule has 0 atom stereocenters. The van der Waals surface area contributed by atoms with E-state index in [0.29, 0.717) is 12.3 Å². The van der Waals surface area contributed by atoms with Gasteiger partial charge in [-0.1, -0.05) is 0 Å². The van der Waals surface area contributed by atoms with Crippen LogP contribution in [0.15, 0.2) is 18.2 Å². The van der Waals surface area contributed by atoms with Crippen LogP contribution in [0, 0.1) is 5.82 Å². The summed E-state index contributed by atoms with van der Waals surface area (Å²) in [5.74, 6) is -2.08. The molecule has 0 aliphatic rings. The highest BCUT2D eigenvalue weighted by Gasteiger charge is 2.34. The molecule has 90 valence electrons. The van der Waals surface area contributed by atoms with Gasteiger partial charge in [-0.05, 0) is 18.2 Å². The van der Waals surface area contributed by atoms with Crippen LogP contribution in [-0.4, -0.2) is 14.7 Å². The lowest BCUT2D eigenvalue weighted by atomic mass is 10.2. The van der Waals surface area contributed by atoms with Crippen LogP contribution >= 0.6 is 0 Å². The summed E-state index contributed by atoms with van der Waals surface area (Å²) < 4.78 is 74.9. The molecule has 0 spiro atoms. The van der Waals surface area contributed by atoms with Crippen molar-refractivity contribution in [3.63, 3.8) is 0 Å². The van der Waals surface area contributed by atoms with Crippen LogP contribution in [0.2, 0.25) is 0 Å². The molecule has 0 saturated carbocycles. The number of rotatable bonds is 2. The second kappa shape index (κ2) is 3.93. The van der Waals surface area contributed by atoms with Crippen molar-refractivity contribution < 1.29 is 30.2 Å². The van der Waals surface area contributed by atoms with Gasteiger partial charge in [0.05, 0.1) is 11.8 Å². The highest BCUT2D eigenvalue weighted by Crippen LogP contribution is 2.33. The number of alkyl halides is 3. The number of hydrogen-bond donors (Lipinski definition) is 0. The van der Waals surface area contributed by atoms with Crippen LogP contribution in [0.25, 0.3) is 0 Å². The van der Waals surface area contributed by atoms with Crippen molar-refractivity contribution in [2.24, 2.45) is 0 Å². The summed E-state index contributed by atoms with van der Waals surface area (Å²) in [5, 5.41) is 0. The van der Waals surface area contributed by atoms with Crippen molar-refractivity contribution >= 4 is 10.1 Å². The first-order valence-electron chi connectivity index (χ1n) is 3.86. The van der Waals surface area contributed by atoms with Crippen molar-refractivity contribution in [1.82, 2.24) is 0 Å². The van der Waals surface area contributed by atoms with Gasteiger partial charge in [-0.2, -0.15) is 21.6 Å². The fourth-order valence-electron chi connectivity index (χ4n) is 0.948. The highest BCUT2D eigenvalue weighted by atomic mass is 32.2. The Morgan fingerprint density at radius 2 is 1.81 bits per heavy atom. The standard InChI is InChI=1S/C8H6F4O3S/c1-16(13,14)15-5-2-3-7(9)6(4-5)8(10,11)12/h2-4H,1H3. The number of halogens is 4. The van der Waals surface area contributed by atoms with Crippen molar-refractivity contribution in [2.75, 3.05) is 6.26 Å². The Bertz CT molecular complexity index is 492. The molecule has 0 radical (unpaired) electrons. The molecule has 0 unspecified atom stereocenters. The van der Waals surface area contributed by atoms with E-state index in [9.17, 15) is 26.0 Å². The van der Waals surface area contributed by atoms with Crippen LogP contribution in [0.5, 0.6) is 5.75 Å². The van der Waals surface area contributed by atoms with Crippen LogP contribution < -0.4 is 4.18 Å². The third-order valence-electron chi connectivity index (χ3n) is 1.49. The Balaban J connectivity index is 3.18. The molecular formula is C8H6F4O3S. The molecule has 0 saturated heterocycles. The first-order valence-corrected chi connectivity index (χ1v) is 5.67. The minimum Gasteiger partial charge on any atom is -0.383 e. The zero-order valence-electron chi connectivity index (χ0n) is 7.88. The van der Waals surface area contributed by atoms with E-state index >= 15 is 0 Å². The zero-order valence-corrected chi connectivity index (χ0v) is 8.69. The van der Waals surface area contributed by atoms with Gasteiger partial charge >= 0.3 is 16.3 Å². The lowest BCUT2D eigenvalue weighted by Gasteiger charge is -2.09. The van der Waals surface area contributed by atoms with Crippen molar-refractivity contribution in [3.8, 4) is 5.75 Å². The first-order chi connectivity index (χ1) is 7.09. The summed E-state index contributed by atoms with van der Waals surface area (Å²) in [6.45, 7) is 0. The summed E-state index contributed by atoms with van der Waals surface area (Å²) in [7, 11) is -3.94. The van der Waals surface area contributed by atoms with E-state index in [1.165, 1.54) is 0 Å². The molecule has 0 aliphatic heterocycles. The summed E-state index contributed by atoms with van der Waals surface area (Å²) in [6, 6.07) is 1.57. The monoisotopic (exact) mass is 258 g/mol. The quantitative estimate of drug-likeness (QED) is 0.603. The molecule has 0 fully saturated rings. The summed E-state index contributed by atoms with van der Waals surface area (Å²) in [5.41, 5.74) is -1.58. The van der Waals surface area contributed by atoms with Gasteiger partial charge in [-0.25, -0.2) is 4.39 Å². The molecule has 8 heteroatoms. The molecule has 1 rings (SSSR count). The lowest BCUT2D eigenvalue weighted by Crippen LogP contribution is -2.10. The average molecular weight is 258 g/mol. The molecule has 0 heterocycles. The van der Waals surface area contributed by atoms with Gasteiger partial charge in [-0.15, -0.1) is 0 Å². The minimum atomic E-state index is -4.90. The van der Waals surface area contributed by atoms with Gasteiger partial charge in [0.15, 0.2) is 0 Å². The predicted octanol–water partition coefficient (Wildman–Crippen LogP) is 2.18. The van der Waals surface area contributed by atoms with Gasteiger partial charge in [0, 0.05) is 0 Å². The molecule has 0 bridgehead atoms. The SMILES string of the molecule is CS(=O)(=O)Oc1ccc(F)c(C(F)(F)F)c1. The van der Waals surface area contributed by atoms with E-state index in [1.807, 2.05) is 0 Å². The fraction of sp³-hybridized carbons (Fsp3) is 0.250. The van der Waals surface area contributed by atoms with Gasteiger partial charge in [0.1, 0.15) is 11.6 Å². The Morgan fingerprint density at radius 3 is 2.25 bits per heavy atom. The molecular weight excluding hydrogens is 252 g/mol. The van der Waals surface area contributed by atoms with E-state index in [1.54, 1.807) is 0 Å². The molecule has 3 nitrogen and oxygen atoms in total. The predicted molar refractivity (Wildman–Crippen MR) is 46.9 cm³/mol.